The molecule has 1 amide bonds. The van der Waals surface area contributed by atoms with Gasteiger partial charge in [-0.25, -0.2) is 0 Å². The van der Waals surface area contributed by atoms with Crippen molar-refractivity contribution >= 4 is 11.7 Å². The molecular weight excluding hydrogens is 316 g/mol. The van der Waals surface area contributed by atoms with E-state index in [0.29, 0.717) is 23.4 Å². The summed E-state index contributed by atoms with van der Waals surface area (Å²) in [4.78, 5) is 12.9. The number of rotatable bonds is 5. The molecular formula is C19H28N4O2. The summed E-state index contributed by atoms with van der Waals surface area (Å²) in [5.74, 6) is 3.96. The molecule has 6 heteroatoms. The molecule has 136 valence electrons. The van der Waals surface area contributed by atoms with E-state index in [-0.39, 0.29) is 12.0 Å². The lowest BCUT2D eigenvalue weighted by Gasteiger charge is -2.54. The number of amides is 1. The number of anilines is 1. The highest BCUT2D eigenvalue weighted by atomic mass is 16.5. The second-order valence-electron chi connectivity index (χ2n) is 8.60. The smallest absolute Gasteiger partial charge is 0.256 e. The molecule has 0 spiro atoms. The van der Waals surface area contributed by atoms with E-state index >= 15 is 0 Å². The Bertz CT molecular complexity index is 609. The maximum Gasteiger partial charge on any atom is 0.256 e. The van der Waals surface area contributed by atoms with E-state index < -0.39 is 0 Å². The molecule has 0 aromatic carbocycles. The quantitative estimate of drug-likeness (QED) is 0.767. The van der Waals surface area contributed by atoms with Crippen molar-refractivity contribution in [2.45, 2.75) is 57.1 Å². The number of nitrogens with zero attached hydrogens (tertiary/aromatic N) is 1. The Kier molecular flexibility index (Phi) is 3.95. The van der Waals surface area contributed by atoms with Gasteiger partial charge < -0.3 is 15.4 Å². The molecule has 2 heterocycles. The summed E-state index contributed by atoms with van der Waals surface area (Å²) < 4.78 is 5.64. The highest BCUT2D eigenvalue weighted by Crippen LogP contribution is 2.53. The Morgan fingerprint density at radius 1 is 1.20 bits per heavy atom. The maximum atomic E-state index is 12.9. The molecule has 1 aromatic rings. The number of aromatic amines is 1. The van der Waals surface area contributed by atoms with E-state index in [1.165, 1.54) is 32.1 Å². The minimum absolute atomic E-state index is 0.0149. The van der Waals surface area contributed by atoms with Crippen LogP contribution in [0.5, 0.6) is 0 Å². The molecule has 5 fully saturated rings. The third-order valence-corrected chi connectivity index (χ3v) is 6.94. The van der Waals surface area contributed by atoms with Gasteiger partial charge in [0.05, 0.1) is 12.3 Å². The first-order valence-corrected chi connectivity index (χ1v) is 9.96. The highest BCUT2D eigenvalue weighted by Gasteiger charge is 2.48. The predicted octanol–water partition coefficient (Wildman–Crippen LogP) is 2.56. The van der Waals surface area contributed by atoms with E-state index in [4.69, 9.17) is 4.74 Å². The fourth-order valence-electron chi connectivity index (χ4n) is 6.00. The molecule has 25 heavy (non-hydrogen) atoms. The van der Waals surface area contributed by atoms with Gasteiger partial charge in [0.15, 0.2) is 0 Å². The van der Waals surface area contributed by atoms with E-state index in [0.717, 1.165) is 43.6 Å². The van der Waals surface area contributed by atoms with Crippen LogP contribution in [0.4, 0.5) is 5.82 Å². The van der Waals surface area contributed by atoms with E-state index in [9.17, 15) is 4.79 Å². The van der Waals surface area contributed by atoms with E-state index in [1.807, 2.05) is 0 Å². The average molecular weight is 344 g/mol. The molecule has 6 rings (SSSR count). The predicted molar refractivity (Wildman–Crippen MR) is 94.4 cm³/mol. The van der Waals surface area contributed by atoms with Crippen molar-refractivity contribution in [3.8, 4) is 0 Å². The largest absolute Gasteiger partial charge is 0.376 e. The van der Waals surface area contributed by atoms with Crippen LogP contribution < -0.4 is 10.6 Å². The summed E-state index contributed by atoms with van der Waals surface area (Å²) in [7, 11) is 0. The van der Waals surface area contributed by atoms with Crippen LogP contribution in [-0.2, 0) is 4.74 Å². The number of ether oxygens (including phenoxy) is 1. The number of aromatic nitrogens is 2. The average Bonchev–Trinajstić information content (AvgIpc) is 3.26. The van der Waals surface area contributed by atoms with Crippen LogP contribution in [0.1, 0.15) is 55.3 Å². The van der Waals surface area contributed by atoms with E-state index in [1.54, 1.807) is 6.20 Å². The van der Waals surface area contributed by atoms with Crippen LogP contribution in [0.25, 0.3) is 0 Å². The maximum absolute atomic E-state index is 12.9. The lowest BCUT2D eigenvalue weighted by Crippen LogP contribution is -2.55. The Morgan fingerprint density at radius 2 is 1.96 bits per heavy atom. The van der Waals surface area contributed by atoms with Gasteiger partial charge in [0.25, 0.3) is 5.91 Å². The minimum atomic E-state index is 0.0149. The summed E-state index contributed by atoms with van der Waals surface area (Å²) >= 11 is 0. The van der Waals surface area contributed by atoms with Crippen molar-refractivity contribution in [3.63, 3.8) is 0 Å². The zero-order valence-electron chi connectivity index (χ0n) is 14.7. The lowest BCUT2D eigenvalue weighted by atomic mass is 9.54. The van der Waals surface area contributed by atoms with Gasteiger partial charge in [-0.05, 0) is 68.6 Å². The zero-order chi connectivity index (χ0) is 16.8. The normalized spacial score (nSPS) is 38.9. The van der Waals surface area contributed by atoms with Crippen molar-refractivity contribution in [1.29, 1.82) is 0 Å². The van der Waals surface area contributed by atoms with Gasteiger partial charge in [0, 0.05) is 19.2 Å². The molecule has 1 aliphatic heterocycles. The third-order valence-electron chi connectivity index (χ3n) is 6.94. The molecule has 1 atom stereocenters. The summed E-state index contributed by atoms with van der Waals surface area (Å²) in [6.07, 6.45) is 10.8. The first-order chi connectivity index (χ1) is 12.3. The van der Waals surface area contributed by atoms with Crippen molar-refractivity contribution in [1.82, 2.24) is 15.5 Å². The van der Waals surface area contributed by atoms with Crippen LogP contribution in [0.15, 0.2) is 6.20 Å². The topological polar surface area (TPSA) is 79.0 Å². The van der Waals surface area contributed by atoms with Crippen LogP contribution in [0.3, 0.4) is 0 Å². The van der Waals surface area contributed by atoms with Crippen molar-refractivity contribution in [2.75, 3.05) is 18.5 Å². The molecule has 6 nitrogen and oxygen atoms in total. The molecule has 0 radical (unpaired) electrons. The third kappa shape index (κ3) is 2.94. The first-order valence-electron chi connectivity index (χ1n) is 9.96. The summed E-state index contributed by atoms with van der Waals surface area (Å²) in [5, 5.41) is 13.7. The standard InChI is InChI=1S/C19H28N4O2/c24-19(16-10-21-23-18(16)20-9-15-2-1-3-25-15)22-17-13-5-11-4-12(7-13)8-14(17)6-11/h10-15,17H,1-9H2,(H,22,24)(H2,20,21,23). The van der Waals surface area contributed by atoms with Crippen molar-refractivity contribution < 1.29 is 9.53 Å². The number of carbonyl (C=O) groups excluding carboxylic acids is 1. The van der Waals surface area contributed by atoms with Crippen LogP contribution >= 0.6 is 0 Å². The molecule has 3 N–H and O–H groups in total. The lowest BCUT2D eigenvalue weighted by molar-refractivity contribution is -0.0119. The monoisotopic (exact) mass is 344 g/mol. The fraction of sp³-hybridized carbons (Fsp3) is 0.789. The molecule has 5 aliphatic rings. The van der Waals surface area contributed by atoms with Crippen LogP contribution in [0, 0.1) is 23.7 Å². The number of carbonyl (C=O) groups is 1. The molecule has 1 aromatic heterocycles. The molecule has 1 saturated heterocycles. The van der Waals surface area contributed by atoms with Gasteiger partial charge in [0.1, 0.15) is 11.4 Å². The summed E-state index contributed by atoms with van der Waals surface area (Å²) in [5.41, 5.74) is 0.631. The van der Waals surface area contributed by atoms with Gasteiger partial charge in [-0.1, -0.05) is 0 Å². The fourth-order valence-corrected chi connectivity index (χ4v) is 6.00. The van der Waals surface area contributed by atoms with Crippen LogP contribution in [0.2, 0.25) is 0 Å². The number of nitrogens with one attached hydrogen (secondary N) is 3. The van der Waals surface area contributed by atoms with Crippen molar-refractivity contribution in [3.05, 3.63) is 11.8 Å². The Balaban J connectivity index is 1.23. The van der Waals surface area contributed by atoms with Gasteiger partial charge in [-0.15, -0.1) is 0 Å². The Labute approximate surface area is 148 Å². The molecule has 4 aliphatic carbocycles. The molecule has 4 bridgehead atoms. The molecule has 1 unspecified atom stereocenters. The molecule has 4 saturated carbocycles. The van der Waals surface area contributed by atoms with Gasteiger partial charge in [-0.2, -0.15) is 5.10 Å². The Hall–Kier alpha value is -1.56. The Morgan fingerprint density at radius 3 is 2.64 bits per heavy atom. The van der Waals surface area contributed by atoms with Crippen LogP contribution in [-0.4, -0.2) is 41.4 Å². The summed E-state index contributed by atoms with van der Waals surface area (Å²) in [6, 6.07) is 0.362. The highest BCUT2D eigenvalue weighted by molar-refractivity contribution is 5.98. The first kappa shape index (κ1) is 15.7. The summed E-state index contributed by atoms with van der Waals surface area (Å²) in [6.45, 7) is 1.57. The second kappa shape index (κ2) is 6.31. The number of hydrogen-bond donors (Lipinski definition) is 3. The second-order valence-corrected chi connectivity index (χ2v) is 8.60. The van der Waals surface area contributed by atoms with E-state index in [2.05, 4.69) is 20.8 Å². The van der Waals surface area contributed by atoms with Gasteiger partial charge >= 0.3 is 0 Å². The SMILES string of the molecule is O=C(NC1C2CC3CC(C2)CC1C3)c1cn[nH]c1NCC1CCCO1. The van der Waals surface area contributed by atoms with Gasteiger partial charge in [-0.3, -0.25) is 9.89 Å². The number of H-pyrrole nitrogens is 1. The van der Waals surface area contributed by atoms with Crippen molar-refractivity contribution in [2.24, 2.45) is 23.7 Å². The zero-order valence-corrected chi connectivity index (χ0v) is 14.7. The van der Waals surface area contributed by atoms with Gasteiger partial charge in [0.2, 0.25) is 0 Å². The number of hydrogen-bond acceptors (Lipinski definition) is 4. The minimum Gasteiger partial charge on any atom is -0.376 e.